The molecule has 0 spiro atoms. The first-order valence-electron chi connectivity index (χ1n) is 7.24. The molecule has 0 saturated heterocycles. The summed E-state index contributed by atoms with van der Waals surface area (Å²) in [7, 11) is 0. The van der Waals surface area contributed by atoms with Gasteiger partial charge in [0.1, 0.15) is 5.54 Å². The molecule has 18 heavy (non-hydrogen) atoms. The van der Waals surface area contributed by atoms with Crippen molar-refractivity contribution in [3.05, 3.63) is 0 Å². The predicted octanol–water partition coefficient (Wildman–Crippen LogP) is 2.57. The second-order valence-electron chi connectivity index (χ2n) is 5.26. The zero-order valence-corrected chi connectivity index (χ0v) is 11.7. The maximum absolute atomic E-state index is 11.5. The largest absolute Gasteiger partial charge is 0.480 e. The average molecular weight is 257 g/mol. The third kappa shape index (κ3) is 4.25. The van der Waals surface area contributed by atoms with Crippen molar-refractivity contribution in [2.75, 3.05) is 13.2 Å². The van der Waals surface area contributed by atoms with Gasteiger partial charge in [-0.1, -0.05) is 20.3 Å². The van der Waals surface area contributed by atoms with Gasteiger partial charge in [0.15, 0.2) is 0 Å². The Morgan fingerprint density at radius 1 is 1.44 bits per heavy atom. The van der Waals surface area contributed by atoms with Crippen molar-refractivity contribution in [1.82, 2.24) is 5.32 Å². The minimum absolute atomic E-state index is 0.103. The van der Waals surface area contributed by atoms with Gasteiger partial charge in [-0.3, -0.25) is 4.79 Å². The molecule has 1 saturated carbocycles. The lowest BCUT2D eigenvalue weighted by atomic mass is 9.80. The van der Waals surface area contributed by atoms with Gasteiger partial charge in [0.05, 0.1) is 6.10 Å². The van der Waals surface area contributed by atoms with Crippen LogP contribution in [-0.4, -0.2) is 35.9 Å². The summed E-state index contributed by atoms with van der Waals surface area (Å²) in [5.41, 5.74) is -0.759. The van der Waals surface area contributed by atoms with Crippen molar-refractivity contribution >= 4 is 5.97 Å². The molecule has 1 aliphatic carbocycles. The van der Waals surface area contributed by atoms with Crippen molar-refractivity contribution in [1.29, 1.82) is 0 Å². The summed E-state index contributed by atoms with van der Waals surface area (Å²) in [5.74, 6) is -0.722. The van der Waals surface area contributed by atoms with Gasteiger partial charge in [0.2, 0.25) is 0 Å². The van der Waals surface area contributed by atoms with E-state index in [1.807, 2.05) is 0 Å². The normalized spacial score (nSPS) is 28.2. The number of unbranched alkanes of at least 4 members (excludes halogenated alkanes) is 1. The van der Waals surface area contributed by atoms with Crippen LogP contribution in [-0.2, 0) is 9.53 Å². The molecular formula is C14H27NO3. The van der Waals surface area contributed by atoms with Gasteiger partial charge in [0, 0.05) is 13.0 Å². The fourth-order valence-corrected chi connectivity index (χ4v) is 2.56. The summed E-state index contributed by atoms with van der Waals surface area (Å²) in [6, 6.07) is 0. The molecule has 1 fully saturated rings. The monoisotopic (exact) mass is 257 g/mol. The molecule has 0 aliphatic heterocycles. The molecule has 2 N–H and O–H groups in total. The molecule has 0 aromatic heterocycles. The summed E-state index contributed by atoms with van der Waals surface area (Å²) in [6.45, 7) is 5.70. The lowest BCUT2D eigenvalue weighted by Gasteiger charge is -2.38. The molecule has 4 nitrogen and oxygen atoms in total. The first kappa shape index (κ1) is 15.4. The maximum Gasteiger partial charge on any atom is 0.323 e. The predicted molar refractivity (Wildman–Crippen MR) is 71.8 cm³/mol. The highest BCUT2D eigenvalue weighted by atomic mass is 16.5. The highest BCUT2D eigenvalue weighted by molar-refractivity contribution is 5.79. The minimum atomic E-state index is -0.759. The summed E-state index contributed by atoms with van der Waals surface area (Å²) in [4.78, 5) is 11.5. The van der Waals surface area contributed by atoms with Crippen LogP contribution in [0.3, 0.4) is 0 Å². The third-order valence-corrected chi connectivity index (χ3v) is 3.68. The summed E-state index contributed by atoms with van der Waals surface area (Å²) < 4.78 is 5.81. The van der Waals surface area contributed by atoms with E-state index in [9.17, 15) is 9.90 Å². The van der Waals surface area contributed by atoms with E-state index in [0.717, 1.165) is 51.7 Å². The van der Waals surface area contributed by atoms with Crippen LogP contribution in [0.2, 0.25) is 0 Å². The highest BCUT2D eigenvalue weighted by Gasteiger charge is 2.42. The van der Waals surface area contributed by atoms with Crippen LogP contribution in [0.5, 0.6) is 0 Å². The lowest BCUT2D eigenvalue weighted by molar-refractivity contribution is -0.149. The number of hydrogen-bond acceptors (Lipinski definition) is 3. The number of carboxylic acid groups (broad SMARTS) is 1. The SMILES string of the molecule is CCCCOC1CCCC(NCCC)(C(=O)O)C1. The Morgan fingerprint density at radius 2 is 2.22 bits per heavy atom. The van der Waals surface area contributed by atoms with Gasteiger partial charge in [-0.2, -0.15) is 0 Å². The second kappa shape index (κ2) is 7.74. The Hall–Kier alpha value is -0.610. The van der Waals surface area contributed by atoms with E-state index in [4.69, 9.17) is 4.74 Å². The second-order valence-corrected chi connectivity index (χ2v) is 5.26. The number of aliphatic carboxylic acids is 1. The average Bonchev–Trinajstić information content (AvgIpc) is 2.37. The summed E-state index contributed by atoms with van der Waals surface area (Å²) in [6.07, 6.45) is 6.47. The molecule has 1 aliphatic rings. The molecule has 0 heterocycles. The van der Waals surface area contributed by atoms with Crippen molar-refractivity contribution < 1.29 is 14.6 Å². The van der Waals surface area contributed by atoms with Gasteiger partial charge < -0.3 is 15.2 Å². The first-order chi connectivity index (χ1) is 8.64. The molecule has 0 aromatic rings. The zero-order chi connectivity index (χ0) is 13.4. The maximum atomic E-state index is 11.5. The number of nitrogens with one attached hydrogen (secondary N) is 1. The van der Waals surface area contributed by atoms with E-state index in [2.05, 4.69) is 19.2 Å². The number of hydrogen-bond donors (Lipinski definition) is 2. The van der Waals surface area contributed by atoms with E-state index in [0.29, 0.717) is 6.42 Å². The van der Waals surface area contributed by atoms with Gasteiger partial charge in [0.25, 0.3) is 0 Å². The van der Waals surface area contributed by atoms with E-state index in [1.54, 1.807) is 0 Å². The first-order valence-corrected chi connectivity index (χ1v) is 7.24. The fourth-order valence-electron chi connectivity index (χ4n) is 2.56. The number of carboxylic acids is 1. The quantitative estimate of drug-likeness (QED) is 0.656. The van der Waals surface area contributed by atoms with Gasteiger partial charge in [-0.05, 0) is 38.6 Å². The Bertz CT molecular complexity index is 257. The molecule has 0 bridgehead atoms. The third-order valence-electron chi connectivity index (χ3n) is 3.68. The van der Waals surface area contributed by atoms with E-state index < -0.39 is 11.5 Å². The molecule has 2 atom stereocenters. The standard InChI is InChI=1S/C14H27NO3/c1-3-5-10-18-12-7-6-8-14(11-12,13(16)17)15-9-4-2/h12,15H,3-11H2,1-2H3,(H,16,17). The van der Waals surface area contributed by atoms with Crippen LogP contribution in [0.1, 0.15) is 58.8 Å². The molecule has 0 amide bonds. The van der Waals surface area contributed by atoms with Gasteiger partial charge >= 0.3 is 5.97 Å². The van der Waals surface area contributed by atoms with Crippen LogP contribution < -0.4 is 5.32 Å². The van der Waals surface area contributed by atoms with Crippen LogP contribution in [0.15, 0.2) is 0 Å². The summed E-state index contributed by atoms with van der Waals surface area (Å²) >= 11 is 0. The Morgan fingerprint density at radius 3 is 2.83 bits per heavy atom. The molecule has 4 heteroatoms. The van der Waals surface area contributed by atoms with Crippen molar-refractivity contribution in [3.63, 3.8) is 0 Å². The fraction of sp³-hybridized carbons (Fsp3) is 0.929. The smallest absolute Gasteiger partial charge is 0.323 e. The Kier molecular flexibility index (Phi) is 6.65. The van der Waals surface area contributed by atoms with Gasteiger partial charge in [-0.15, -0.1) is 0 Å². The van der Waals surface area contributed by atoms with Crippen molar-refractivity contribution in [3.8, 4) is 0 Å². The Labute approximate surface area is 110 Å². The number of ether oxygens (including phenoxy) is 1. The van der Waals surface area contributed by atoms with Crippen LogP contribution in [0.4, 0.5) is 0 Å². The molecule has 106 valence electrons. The molecular weight excluding hydrogens is 230 g/mol. The minimum Gasteiger partial charge on any atom is -0.480 e. The molecule has 2 unspecified atom stereocenters. The molecule has 0 radical (unpaired) electrons. The number of carbonyl (C=O) groups is 1. The summed E-state index contributed by atoms with van der Waals surface area (Å²) in [5, 5.41) is 12.7. The van der Waals surface area contributed by atoms with Crippen LogP contribution in [0, 0.1) is 0 Å². The zero-order valence-electron chi connectivity index (χ0n) is 11.7. The lowest BCUT2D eigenvalue weighted by Crippen LogP contribution is -2.56. The van der Waals surface area contributed by atoms with E-state index >= 15 is 0 Å². The number of rotatable bonds is 8. The topological polar surface area (TPSA) is 58.6 Å². The van der Waals surface area contributed by atoms with E-state index in [1.165, 1.54) is 0 Å². The van der Waals surface area contributed by atoms with Crippen molar-refractivity contribution in [2.45, 2.75) is 70.4 Å². The van der Waals surface area contributed by atoms with Crippen LogP contribution in [0.25, 0.3) is 0 Å². The highest BCUT2D eigenvalue weighted by Crippen LogP contribution is 2.30. The molecule has 1 rings (SSSR count). The van der Waals surface area contributed by atoms with Crippen LogP contribution >= 0.6 is 0 Å². The van der Waals surface area contributed by atoms with E-state index in [-0.39, 0.29) is 6.10 Å². The molecule has 0 aromatic carbocycles. The Balaban J connectivity index is 2.53. The van der Waals surface area contributed by atoms with Crippen molar-refractivity contribution in [2.24, 2.45) is 0 Å². The van der Waals surface area contributed by atoms with Gasteiger partial charge in [-0.25, -0.2) is 0 Å².